The molecular weight excluding hydrogens is 158 g/mol. The summed E-state index contributed by atoms with van der Waals surface area (Å²) in [4.78, 5) is 0. The number of nitrogens with one attached hydrogen (secondary N) is 1. The molecule has 1 aliphatic carbocycles. The number of hydrogen-bond donors (Lipinski definition) is 1. The Morgan fingerprint density at radius 1 is 1.08 bits per heavy atom. The fraction of sp³-hybridized carbons (Fsp3) is 1.00. The predicted octanol–water partition coefficient (Wildman–Crippen LogP) is 2.81. The maximum atomic E-state index is 3.71. The Labute approximate surface area is 82.3 Å². The number of hydrogen-bond acceptors (Lipinski definition) is 1. The molecule has 0 bridgehead atoms. The third-order valence-electron chi connectivity index (χ3n) is 4.11. The zero-order chi connectivity index (χ0) is 9.26. The van der Waals surface area contributed by atoms with Crippen LogP contribution in [0.5, 0.6) is 0 Å². The molecule has 2 rings (SSSR count). The van der Waals surface area contributed by atoms with Gasteiger partial charge < -0.3 is 5.32 Å². The van der Waals surface area contributed by atoms with Crippen LogP contribution in [0, 0.1) is 17.8 Å². The molecule has 1 aliphatic heterocycles. The molecule has 0 aromatic rings. The molecule has 1 heteroatoms. The summed E-state index contributed by atoms with van der Waals surface area (Å²) < 4.78 is 0. The van der Waals surface area contributed by atoms with Crippen molar-refractivity contribution in [1.29, 1.82) is 0 Å². The molecule has 0 aromatic heterocycles. The van der Waals surface area contributed by atoms with Gasteiger partial charge >= 0.3 is 0 Å². The lowest BCUT2D eigenvalue weighted by molar-refractivity contribution is 0.106. The summed E-state index contributed by atoms with van der Waals surface area (Å²) in [6.07, 6.45) is 7.28. The van der Waals surface area contributed by atoms with Crippen LogP contribution in [0.4, 0.5) is 0 Å². The van der Waals surface area contributed by atoms with E-state index in [1.165, 1.54) is 38.6 Å². The molecule has 0 spiro atoms. The van der Waals surface area contributed by atoms with Gasteiger partial charge in [-0.2, -0.15) is 0 Å². The first-order valence-corrected chi connectivity index (χ1v) is 6.02. The third kappa shape index (κ3) is 1.90. The highest BCUT2D eigenvalue weighted by atomic mass is 14.9. The minimum absolute atomic E-state index is 0.870. The van der Waals surface area contributed by atoms with Crippen LogP contribution in [0.2, 0.25) is 0 Å². The van der Waals surface area contributed by atoms with Crippen molar-refractivity contribution in [3.8, 4) is 0 Å². The lowest BCUT2D eigenvalue weighted by Crippen LogP contribution is -2.48. The molecule has 13 heavy (non-hydrogen) atoms. The van der Waals surface area contributed by atoms with E-state index in [1.807, 2.05) is 0 Å². The van der Waals surface area contributed by atoms with Gasteiger partial charge in [-0.3, -0.25) is 0 Å². The van der Waals surface area contributed by atoms with Gasteiger partial charge in [-0.1, -0.05) is 26.7 Å². The minimum atomic E-state index is 0.870. The molecule has 0 radical (unpaired) electrons. The van der Waals surface area contributed by atoms with E-state index in [1.54, 1.807) is 0 Å². The molecule has 2 aliphatic rings. The summed E-state index contributed by atoms with van der Waals surface area (Å²) in [6, 6.07) is 0.870. The van der Waals surface area contributed by atoms with Crippen LogP contribution in [0.1, 0.15) is 46.0 Å². The molecule has 1 nitrogen and oxygen atoms in total. The van der Waals surface area contributed by atoms with Crippen LogP contribution in [0.25, 0.3) is 0 Å². The van der Waals surface area contributed by atoms with Crippen molar-refractivity contribution in [2.45, 2.75) is 52.0 Å². The zero-order valence-corrected chi connectivity index (χ0v) is 9.05. The van der Waals surface area contributed by atoms with E-state index in [4.69, 9.17) is 0 Å². The van der Waals surface area contributed by atoms with E-state index in [0.29, 0.717) is 0 Å². The molecule has 0 aromatic carbocycles. The van der Waals surface area contributed by atoms with E-state index in [-0.39, 0.29) is 0 Å². The summed E-state index contributed by atoms with van der Waals surface area (Å²) in [5.41, 5.74) is 0. The molecule has 1 saturated carbocycles. The van der Waals surface area contributed by atoms with Gasteiger partial charge in [-0.25, -0.2) is 0 Å². The molecule has 3 atom stereocenters. The van der Waals surface area contributed by atoms with Gasteiger partial charge in [-0.05, 0) is 43.6 Å². The summed E-state index contributed by atoms with van der Waals surface area (Å²) in [6.45, 7) is 6.08. The summed E-state index contributed by atoms with van der Waals surface area (Å²) >= 11 is 0. The first-order chi connectivity index (χ1) is 6.29. The Bertz CT molecular complexity index is 163. The summed E-state index contributed by atoms with van der Waals surface area (Å²) in [5, 5.41) is 3.71. The highest BCUT2D eigenvalue weighted by molar-refractivity contribution is 4.90. The van der Waals surface area contributed by atoms with Crippen molar-refractivity contribution in [2.24, 2.45) is 17.8 Å². The standard InChI is InChI=1S/C12H23N/c1-9(2)10-7-8-13-12-6-4-3-5-11(10)12/h9-13H,3-8H2,1-2H3. The molecule has 3 unspecified atom stereocenters. The van der Waals surface area contributed by atoms with Crippen LogP contribution in [0.3, 0.4) is 0 Å². The zero-order valence-electron chi connectivity index (χ0n) is 9.05. The average molecular weight is 181 g/mol. The number of fused-ring (bicyclic) bond motifs is 1. The Morgan fingerprint density at radius 2 is 1.85 bits per heavy atom. The maximum absolute atomic E-state index is 3.71. The van der Waals surface area contributed by atoms with Crippen molar-refractivity contribution < 1.29 is 0 Å². The van der Waals surface area contributed by atoms with Crippen molar-refractivity contribution in [3.63, 3.8) is 0 Å². The molecule has 0 amide bonds. The minimum Gasteiger partial charge on any atom is -0.314 e. The fourth-order valence-corrected chi connectivity index (χ4v) is 3.40. The molecule has 2 fully saturated rings. The summed E-state index contributed by atoms with van der Waals surface area (Å²) in [7, 11) is 0. The third-order valence-corrected chi connectivity index (χ3v) is 4.11. The van der Waals surface area contributed by atoms with Gasteiger partial charge in [0.1, 0.15) is 0 Å². The Kier molecular flexibility index (Phi) is 2.92. The van der Waals surface area contributed by atoms with Gasteiger partial charge in [0, 0.05) is 6.04 Å². The SMILES string of the molecule is CC(C)C1CCNC2CCCCC21. The fourth-order valence-electron chi connectivity index (χ4n) is 3.40. The largest absolute Gasteiger partial charge is 0.314 e. The lowest BCUT2D eigenvalue weighted by Gasteiger charge is -2.43. The second-order valence-corrected chi connectivity index (χ2v) is 5.21. The normalized spacial score (nSPS) is 40.4. The Morgan fingerprint density at radius 3 is 2.62 bits per heavy atom. The van der Waals surface area contributed by atoms with Gasteiger partial charge in [0.15, 0.2) is 0 Å². The van der Waals surface area contributed by atoms with Gasteiger partial charge in [-0.15, -0.1) is 0 Å². The number of piperidine rings is 1. The quantitative estimate of drug-likeness (QED) is 0.656. The number of rotatable bonds is 1. The average Bonchev–Trinajstić information content (AvgIpc) is 2.17. The first kappa shape index (κ1) is 9.51. The van der Waals surface area contributed by atoms with Crippen molar-refractivity contribution in [3.05, 3.63) is 0 Å². The smallest absolute Gasteiger partial charge is 0.00980 e. The molecule has 1 N–H and O–H groups in total. The molecule has 1 heterocycles. The van der Waals surface area contributed by atoms with Crippen molar-refractivity contribution in [1.82, 2.24) is 5.32 Å². The Balaban J connectivity index is 2.02. The van der Waals surface area contributed by atoms with Gasteiger partial charge in [0.2, 0.25) is 0 Å². The van der Waals surface area contributed by atoms with E-state index >= 15 is 0 Å². The van der Waals surface area contributed by atoms with Gasteiger partial charge in [0.25, 0.3) is 0 Å². The van der Waals surface area contributed by atoms with E-state index in [2.05, 4.69) is 19.2 Å². The van der Waals surface area contributed by atoms with E-state index < -0.39 is 0 Å². The lowest BCUT2D eigenvalue weighted by atomic mass is 9.69. The maximum Gasteiger partial charge on any atom is 0.00980 e. The molecule has 76 valence electrons. The Hall–Kier alpha value is -0.0400. The van der Waals surface area contributed by atoms with E-state index in [0.717, 1.165) is 23.8 Å². The highest BCUT2D eigenvalue weighted by Gasteiger charge is 2.35. The monoisotopic (exact) mass is 181 g/mol. The second-order valence-electron chi connectivity index (χ2n) is 5.21. The topological polar surface area (TPSA) is 12.0 Å². The predicted molar refractivity (Wildman–Crippen MR) is 56.7 cm³/mol. The van der Waals surface area contributed by atoms with Gasteiger partial charge in [0.05, 0.1) is 0 Å². The van der Waals surface area contributed by atoms with Crippen LogP contribution < -0.4 is 5.32 Å². The molecular formula is C12H23N. The van der Waals surface area contributed by atoms with Crippen LogP contribution in [0.15, 0.2) is 0 Å². The summed E-state index contributed by atoms with van der Waals surface area (Å²) in [5.74, 6) is 2.90. The second kappa shape index (κ2) is 4.00. The molecule has 1 saturated heterocycles. The highest BCUT2D eigenvalue weighted by Crippen LogP contribution is 2.38. The van der Waals surface area contributed by atoms with Crippen molar-refractivity contribution >= 4 is 0 Å². The van der Waals surface area contributed by atoms with E-state index in [9.17, 15) is 0 Å². The van der Waals surface area contributed by atoms with Crippen LogP contribution >= 0.6 is 0 Å². The van der Waals surface area contributed by atoms with Crippen LogP contribution in [-0.4, -0.2) is 12.6 Å². The van der Waals surface area contributed by atoms with Crippen molar-refractivity contribution in [2.75, 3.05) is 6.54 Å². The first-order valence-electron chi connectivity index (χ1n) is 6.02. The van der Waals surface area contributed by atoms with Crippen LogP contribution in [-0.2, 0) is 0 Å².